The van der Waals surface area contributed by atoms with Gasteiger partial charge in [0.05, 0.1) is 0 Å². The first kappa shape index (κ1) is 15.0. The Hall–Kier alpha value is -3.28. The third-order valence-electron chi connectivity index (χ3n) is 4.72. The molecule has 4 heterocycles. The molecule has 0 aliphatic carbocycles. The zero-order chi connectivity index (χ0) is 17.3. The molecule has 1 fully saturated rings. The van der Waals surface area contributed by atoms with E-state index in [4.69, 9.17) is 15.0 Å². The van der Waals surface area contributed by atoms with Crippen LogP contribution >= 0.6 is 0 Å². The first-order chi connectivity index (χ1) is 12.9. The van der Waals surface area contributed by atoms with Crippen LogP contribution in [-0.4, -0.2) is 38.0 Å². The first-order valence-corrected chi connectivity index (χ1v) is 8.87. The predicted molar refractivity (Wildman–Crippen MR) is 102 cm³/mol. The average Bonchev–Trinajstić information content (AvgIpc) is 3.38. The van der Waals surface area contributed by atoms with Crippen molar-refractivity contribution in [3.63, 3.8) is 0 Å². The van der Waals surface area contributed by atoms with E-state index >= 15 is 0 Å². The lowest BCUT2D eigenvalue weighted by Gasteiger charge is -2.17. The highest BCUT2D eigenvalue weighted by Gasteiger charge is 2.21. The number of hydrogen-bond donors (Lipinski definition) is 1. The number of nitrogens with one attached hydrogen (secondary N) is 1. The monoisotopic (exact) mass is 342 g/mol. The highest BCUT2D eigenvalue weighted by molar-refractivity contribution is 5.88. The third-order valence-corrected chi connectivity index (χ3v) is 4.72. The Kier molecular flexibility index (Phi) is 3.59. The Morgan fingerprint density at radius 2 is 1.58 bits per heavy atom. The molecule has 6 heteroatoms. The fraction of sp³-hybridized carbons (Fsp3) is 0.200. The van der Waals surface area contributed by atoms with E-state index in [1.165, 1.54) is 12.8 Å². The van der Waals surface area contributed by atoms with Crippen LogP contribution in [-0.2, 0) is 0 Å². The van der Waals surface area contributed by atoms with Gasteiger partial charge in [0.1, 0.15) is 5.82 Å². The molecular formula is C20H18N6. The molecule has 5 rings (SSSR count). The van der Waals surface area contributed by atoms with E-state index in [0.29, 0.717) is 0 Å². The second-order valence-corrected chi connectivity index (χ2v) is 6.45. The molecule has 0 atom stereocenters. The van der Waals surface area contributed by atoms with Crippen molar-refractivity contribution >= 4 is 17.0 Å². The van der Waals surface area contributed by atoms with Gasteiger partial charge in [0.2, 0.25) is 0 Å². The fourth-order valence-corrected chi connectivity index (χ4v) is 3.40. The number of aromatic nitrogens is 5. The number of aromatic amines is 1. The predicted octanol–water partition coefficient (Wildman–Crippen LogP) is 3.68. The number of anilines is 1. The number of benzene rings is 1. The van der Waals surface area contributed by atoms with Crippen LogP contribution in [0.1, 0.15) is 12.8 Å². The molecule has 0 amide bonds. The Morgan fingerprint density at radius 1 is 0.808 bits per heavy atom. The van der Waals surface area contributed by atoms with Gasteiger partial charge >= 0.3 is 0 Å². The molecule has 1 N–H and O–H groups in total. The van der Waals surface area contributed by atoms with Crippen LogP contribution in [0.4, 0.5) is 5.82 Å². The number of pyridine rings is 1. The standard InChI is InChI=1S/C20H18N6/c1-2-6-14(7-3-1)18-24-19-16(20(25-18)26-12-4-5-13-26)22-17(23-19)15-8-10-21-11-9-15/h1-3,6-11H,4-5,12-13H2,(H,22,23,24,25). The first-order valence-electron chi connectivity index (χ1n) is 8.87. The normalized spacial score (nSPS) is 14.2. The van der Waals surface area contributed by atoms with Gasteiger partial charge in [-0.15, -0.1) is 0 Å². The van der Waals surface area contributed by atoms with Gasteiger partial charge in [-0.2, -0.15) is 0 Å². The molecule has 0 saturated carbocycles. The van der Waals surface area contributed by atoms with Crippen LogP contribution in [0.25, 0.3) is 33.9 Å². The fourth-order valence-electron chi connectivity index (χ4n) is 3.40. The third kappa shape index (κ3) is 2.60. The molecule has 0 bridgehead atoms. The van der Waals surface area contributed by atoms with Gasteiger partial charge in [-0.3, -0.25) is 4.98 Å². The summed E-state index contributed by atoms with van der Waals surface area (Å²) in [5, 5.41) is 0. The summed E-state index contributed by atoms with van der Waals surface area (Å²) in [6.07, 6.45) is 5.91. The smallest absolute Gasteiger partial charge is 0.164 e. The molecule has 4 aromatic rings. The number of nitrogens with zero attached hydrogens (tertiary/aromatic N) is 5. The maximum Gasteiger partial charge on any atom is 0.164 e. The van der Waals surface area contributed by atoms with Gasteiger partial charge in [-0.25, -0.2) is 15.0 Å². The van der Waals surface area contributed by atoms with Crippen molar-refractivity contribution in [3.8, 4) is 22.8 Å². The van der Waals surface area contributed by atoms with E-state index < -0.39 is 0 Å². The summed E-state index contributed by atoms with van der Waals surface area (Å²) in [6, 6.07) is 14.0. The summed E-state index contributed by atoms with van der Waals surface area (Å²) in [5.74, 6) is 2.44. The van der Waals surface area contributed by atoms with Crippen LogP contribution in [0.3, 0.4) is 0 Å². The lowest BCUT2D eigenvalue weighted by molar-refractivity contribution is 0.938. The average molecular weight is 342 g/mol. The molecule has 1 aliphatic rings. The molecule has 1 aromatic carbocycles. The number of fused-ring (bicyclic) bond motifs is 1. The second kappa shape index (κ2) is 6.22. The molecular weight excluding hydrogens is 324 g/mol. The largest absolute Gasteiger partial charge is 0.355 e. The minimum Gasteiger partial charge on any atom is -0.355 e. The van der Waals surface area contributed by atoms with E-state index in [1.54, 1.807) is 12.4 Å². The Morgan fingerprint density at radius 3 is 2.35 bits per heavy atom. The van der Waals surface area contributed by atoms with Crippen molar-refractivity contribution in [2.75, 3.05) is 18.0 Å². The number of rotatable bonds is 3. The number of H-pyrrole nitrogens is 1. The lowest BCUT2D eigenvalue weighted by atomic mass is 10.2. The van der Waals surface area contributed by atoms with Crippen molar-refractivity contribution in [1.29, 1.82) is 0 Å². The van der Waals surface area contributed by atoms with Gasteiger partial charge in [-0.05, 0) is 25.0 Å². The van der Waals surface area contributed by atoms with Gasteiger partial charge in [0.15, 0.2) is 22.8 Å². The molecule has 6 nitrogen and oxygen atoms in total. The van der Waals surface area contributed by atoms with Crippen LogP contribution in [0.5, 0.6) is 0 Å². The molecule has 0 spiro atoms. The molecule has 1 aliphatic heterocycles. The summed E-state index contributed by atoms with van der Waals surface area (Å²) in [6.45, 7) is 2.02. The van der Waals surface area contributed by atoms with Crippen molar-refractivity contribution in [3.05, 3.63) is 54.9 Å². The van der Waals surface area contributed by atoms with E-state index in [-0.39, 0.29) is 0 Å². The minimum absolute atomic E-state index is 0.727. The zero-order valence-corrected chi connectivity index (χ0v) is 14.3. The molecule has 3 aromatic heterocycles. The zero-order valence-electron chi connectivity index (χ0n) is 14.3. The Balaban J connectivity index is 1.71. The number of hydrogen-bond acceptors (Lipinski definition) is 5. The lowest BCUT2D eigenvalue weighted by Crippen LogP contribution is -2.20. The molecule has 26 heavy (non-hydrogen) atoms. The number of imidazole rings is 1. The molecule has 0 unspecified atom stereocenters. The molecule has 0 radical (unpaired) electrons. The van der Waals surface area contributed by atoms with Gasteiger partial charge in [0.25, 0.3) is 0 Å². The minimum atomic E-state index is 0.727. The maximum atomic E-state index is 4.88. The summed E-state index contributed by atoms with van der Waals surface area (Å²) >= 11 is 0. The molecule has 1 saturated heterocycles. The summed E-state index contributed by atoms with van der Waals surface area (Å²) < 4.78 is 0. The van der Waals surface area contributed by atoms with Crippen LogP contribution in [0.2, 0.25) is 0 Å². The Labute approximate surface area is 151 Å². The Bertz CT molecular complexity index is 1040. The van der Waals surface area contributed by atoms with Crippen molar-refractivity contribution < 1.29 is 0 Å². The van der Waals surface area contributed by atoms with Gasteiger partial charge in [0, 0.05) is 36.6 Å². The second-order valence-electron chi connectivity index (χ2n) is 6.45. The van der Waals surface area contributed by atoms with E-state index in [2.05, 4.69) is 14.9 Å². The van der Waals surface area contributed by atoms with Crippen LogP contribution in [0, 0.1) is 0 Å². The quantitative estimate of drug-likeness (QED) is 0.615. The highest BCUT2D eigenvalue weighted by atomic mass is 15.2. The van der Waals surface area contributed by atoms with Crippen molar-refractivity contribution in [1.82, 2.24) is 24.9 Å². The summed E-state index contributed by atoms with van der Waals surface area (Å²) in [4.78, 5) is 24.2. The van der Waals surface area contributed by atoms with Gasteiger partial charge < -0.3 is 9.88 Å². The summed E-state index contributed by atoms with van der Waals surface area (Å²) in [7, 11) is 0. The summed E-state index contributed by atoms with van der Waals surface area (Å²) in [5.41, 5.74) is 3.60. The van der Waals surface area contributed by atoms with Crippen LogP contribution in [0.15, 0.2) is 54.9 Å². The van der Waals surface area contributed by atoms with Crippen LogP contribution < -0.4 is 4.90 Å². The molecule has 128 valence electrons. The van der Waals surface area contributed by atoms with E-state index in [9.17, 15) is 0 Å². The van der Waals surface area contributed by atoms with Crippen molar-refractivity contribution in [2.45, 2.75) is 12.8 Å². The topological polar surface area (TPSA) is 70.6 Å². The SMILES string of the molecule is c1ccc(-c2nc(N3CCCC3)c3nc(-c4ccncc4)[nH]c3n2)cc1. The maximum absolute atomic E-state index is 4.88. The highest BCUT2D eigenvalue weighted by Crippen LogP contribution is 2.30. The van der Waals surface area contributed by atoms with Crippen molar-refractivity contribution in [2.24, 2.45) is 0 Å². The van der Waals surface area contributed by atoms with E-state index in [1.807, 2.05) is 42.5 Å². The van der Waals surface area contributed by atoms with E-state index in [0.717, 1.165) is 52.8 Å². The van der Waals surface area contributed by atoms with Gasteiger partial charge in [-0.1, -0.05) is 30.3 Å².